The van der Waals surface area contributed by atoms with Crippen molar-refractivity contribution in [3.8, 4) is 0 Å². The van der Waals surface area contributed by atoms with Gasteiger partial charge in [0.1, 0.15) is 35.2 Å². The summed E-state index contributed by atoms with van der Waals surface area (Å²) in [6.07, 6.45) is 0.555. The molecule has 0 fully saturated rings. The minimum Gasteiger partial charge on any atom is -1.00 e. The normalized spacial score (nSPS) is 12.3. The molecule has 0 unspecified atom stereocenters. The Morgan fingerprint density at radius 1 is 0.674 bits per heavy atom. The van der Waals surface area contributed by atoms with Crippen LogP contribution in [0.25, 0.3) is 0 Å². The molecule has 0 aliphatic carbocycles. The molecule has 1 radical (unpaired) electrons. The Labute approximate surface area is 303 Å². The number of amidine groups is 2. The molecule has 0 aliphatic heterocycles. The minimum absolute atomic E-state index is 0. The van der Waals surface area contributed by atoms with Crippen LogP contribution in [0.3, 0.4) is 0 Å². The summed E-state index contributed by atoms with van der Waals surface area (Å²) in [5.74, 6) is -0.156. The maximum Gasteiger partial charge on any atom is 2.00 e. The van der Waals surface area contributed by atoms with Gasteiger partial charge in [-0.15, -0.1) is 5.10 Å². The van der Waals surface area contributed by atoms with Crippen molar-refractivity contribution in [2.45, 2.75) is 13.8 Å². The number of hydrogen-bond acceptors (Lipinski definition) is 7. The van der Waals surface area contributed by atoms with Gasteiger partial charge in [0.2, 0.25) is 5.91 Å². The van der Waals surface area contributed by atoms with Crippen molar-refractivity contribution in [3.05, 3.63) is 121 Å². The summed E-state index contributed by atoms with van der Waals surface area (Å²) in [5, 5.41) is 30.3. The second kappa shape index (κ2) is 19.2. The van der Waals surface area contributed by atoms with E-state index in [0.29, 0.717) is 23.4 Å². The predicted octanol–water partition coefficient (Wildman–Crippen LogP) is 1.29. The molecule has 0 heterocycles. The van der Waals surface area contributed by atoms with Crippen LogP contribution in [0.15, 0.2) is 136 Å². The van der Waals surface area contributed by atoms with Crippen molar-refractivity contribution in [3.63, 3.8) is 0 Å². The van der Waals surface area contributed by atoms with E-state index in [-0.39, 0.29) is 50.3 Å². The summed E-state index contributed by atoms with van der Waals surface area (Å²) < 4.78 is 0. The molecule has 13 heteroatoms. The summed E-state index contributed by atoms with van der Waals surface area (Å²) in [5.41, 5.74) is 2.33. The van der Waals surface area contributed by atoms with Crippen LogP contribution in [0.5, 0.6) is 0 Å². The number of anilines is 1. The molecule has 4 aromatic carbocycles. The first-order valence-corrected chi connectivity index (χ1v) is 16.6. The quantitative estimate of drug-likeness (QED) is 0.0563. The van der Waals surface area contributed by atoms with Crippen molar-refractivity contribution < 1.29 is 38.8 Å². The van der Waals surface area contributed by atoms with E-state index >= 15 is 0 Å². The van der Waals surface area contributed by atoms with Crippen LogP contribution in [0.1, 0.15) is 19.4 Å². The smallest absolute Gasteiger partial charge is 1.00 e. The fourth-order valence-corrected chi connectivity index (χ4v) is 8.69. The van der Waals surface area contributed by atoms with Crippen LogP contribution in [0.2, 0.25) is 0 Å². The molecular formula is C33H33BrCuN7OPS2. The fourth-order valence-electron chi connectivity index (χ4n) is 4.56. The molecule has 0 spiro atoms. The van der Waals surface area contributed by atoms with E-state index in [1.165, 1.54) is 22.8 Å². The van der Waals surface area contributed by atoms with Gasteiger partial charge in [0.15, 0.2) is 0 Å². The fraction of sp³-hybridized carbons (Fsp3) is 0.121. The average Bonchev–Trinajstić information content (AvgIpc) is 3.06. The van der Waals surface area contributed by atoms with Gasteiger partial charge in [-0.05, 0) is 60.6 Å². The van der Waals surface area contributed by atoms with Gasteiger partial charge in [0.05, 0.1) is 5.71 Å². The SMILES string of the molecule is CNC([S-])=NN=C(C(C)=NN=C([S-])NC[P+](c1ccccc1)(c1ccccc1)c1ccccc1)c1ccc(NC(C)=O)cc1.[Br-].[Cu+2]. The van der Waals surface area contributed by atoms with E-state index in [2.05, 4.69) is 109 Å². The van der Waals surface area contributed by atoms with Crippen molar-refractivity contribution in [2.75, 3.05) is 18.7 Å². The Morgan fingerprint density at radius 2 is 1.13 bits per heavy atom. The zero-order valence-corrected chi connectivity index (χ0v) is 30.4. The zero-order chi connectivity index (χ0) is 31.4. The van der Waals surface area contributed by atoms with Gasteiger partial charge >= 0.3 is 17.1 Å². The monoisotopic (exact) mass is 780 g/mol. The molecule has 4 rings (SSSR count). The van der Waals surface area contributed by atoms with Gasteiger partial charge in [0.25, 0.3) is 0 Å². The van der Waals surface area contributed by atoms with E-state index < -0.39 is 7.26 Å². The van der Waals surface area contributed by atoms with Gasteiger partial charge < -0.3 is 58.2 Å². The largest absolute Gasteiger partial charge is 2.00 e. The molecule has 3 N–H and O–H groups in total. The first-order valence-electron chi connectivity index (χ1n) is 13.8. The number of carbonyl (C=O) groups is 1. The molecule has 0 saturated heterocycles. The van der Waals surface area contributed by atoms with Crippen LogP contribution >= 0.6 is 7.26 Å². The molecule has 4 aromatic rings. The number of rotatable bonds is 10. The summed E-state index contributed by atoms with van der Waals surface area (Å²) in [7, 11) is -0.485. The Bertz CT molecular complexity index is 1580. The van der Waals surface area contributed by atoms with E-state index in [1.807, 2.05) is 30.3 Å². The third-order valence-corrected chi connectivity index (χ3v) is 11.3. The van der Waals surface area contributed by atoms with E-state index in [4.69, 9.17) is 25.3 Å². The molecule has 0 bridgehead atoms. The van der Waals surface area contributed by atoms with E-state index in [0.717, 1.165) is 5.56 Å². The van der Waals surface area contributed by atoms with Gasteiger partial charge in [-0.3, -0.25) is 4.79 Å². The van der Waals surface area contributed by atoms with Crippen molar-refractivity contribution >= 4 is 81.8 Å². The predicted molar refractivity (Wildman–Crippen MR) is 192 cm³/mol. The topological polar surface area (TPSA) is 103 Å². The van der Waals surface area contributed by atoms with E-state index in [1.54, 1.807) is 26.1 Å². The summed E-state index contributed by atoms with van der Waals surface area (Å²) in [6.45, 7) is 3.24. The number of amides is 1. The Balaban J connectivity index is 0.00000368. The van der Waals surface area contributed by atoms with Crippen LogP contribution in [-0.4, -0.2) is 41.0 Å². The molecule has 0 aliphatic rings. The molecule has 1 amide bonds. The Morgan fingerprint density at radius 3 is 1.57 bits per heavy atom. The first-order chi connectivity index (χ1) is 21.3. The molecule has 0 saturated carbocycles. The maximum absolute atomic E-state index is 11.4. The molecule has 46 heavy (non-hydrogen) atoms. The number of benzene rings is 4. The van der Waals surface area contributed by atoms with Crippen molar-refractivity contribution in [2.24, 2.45) is 20.4 Å². The zero-order valence-electron chi connectivity index (χ0n) is 25.3. The van der Waals surface area contributed by atoms with E-state index in [9.17, 15) is 4.79 Å². The summed E-state index contributed by atoms with van der Waals surface area (Å²) in [6, 6.07) is 38.8. The molecule has 0 aromatic heterocycles. The molecule has 8 nitrogen and oxygen atoms in total. The van der Waals surface area contributed by atoms with Crippen LogP contribution in [0, 0.1) is 0 Å². The summed E-state index contributed by atoms with van der Waals surface area (Å²) in [4.78, 5) is 11.4. The van der Waals surface area contributed by atoms with Crippen LogP contribution in [-0.2, 0) is 47.1 Å². The standard InChI is InChI=1S/C33H34N7OPS2.BrH.Cu/c1-24(31(38-39-32(43)34-3)26-19-21-27(22-20-26)36-25(2)41)37-40-33(44)35-23-42(28-13-7-4-8-14-28,29-15-9-5-10-16-29)30-17-11-6-12-18-30;;/h4-22H,23H2,1-3H3,(H4-,34,35,36,37,38,39,40,41,43,44);1H;/q;;+2/p-2. The van der Waals surface area contributed by atoms with Gasteiger partial charge in [-0.2, -0.15) is 15.3 Å². The van der Waals surface area contributed by atoms with Gasteiger partial charge in [-0.1, -0.05) is 66.7 Å². The van der Waals surface area contributed by atoms with Gasteiger partial charge in [-0.25, -0.2) is 0 Å². The number of nitrogens with zero attached hydrogens (tertiary/aromatic N) is 4. The minimum atomic E-state index is -2.16. The number of hydrogen-bond donors (Lipinski definition) is 3. The number of carbonyl (C=O) groups excluding carboxylic acids is 1. The third kappa shape index (κ3) is 10.3. The Kier molecular flexibility index (Phi) is 16.2. The second-order valence-electron chi connectivity index (χ2n) is 9.60. The molecular weight excluding hydrogens is 749 g/mol. The maximum atomic E-state index is 11.4. The van der Waals surface area contributed by atoms with Crippen LogP contribution in [0.4, 0.5) is 5.69 Å². The third-order valence-electron chi connectivity index (χ3n) is 6.63. The number of nitrogens with one attached hydrogen (secondary N) is 3. The average molecular weight is 782 g/mol. The first kappa shape index (κ1) is 38.7. The van der Waals surface area contributed by atoms with Gasteiger partial charge in [0, 0.05) is 30.4 Å². The molecule has 0 atom stereocenters. The Hall–Kier alpha value is -3.50. The second-order valence-corrected chi connectivity index (χ2v) is 13.9. The summed E-state index contributed by atoms with van der Waals surface area (Å²) >= 11 is 10.8. The van der Waals surface area contributed by atoms with Crippen molar-refractivity contribution in [1.82, 2.24) is 10.6 Å². The van der Waals surface area contributed by atoms with Crippen LogP contribution < -0.4 is 48.8 Å². The molecule has 241 valence electrons. The number of halogens is 1. The van der Waals surface area contributed by atoms with Crippen molar-refractivity contribution in [1.29, 1.82) is 0 Å².